The molecular formula is C37H40O10. The summed E-state index contributed by atoms with van der Waals surface area (Å²) in [5.41, 5.74) is 0.0414. The second kappa shape index (κ2) is 12.9. The number of phenols is 6. The quantitative estimate of drug-likeness (QED) is 0.0826. The highest BCUT2D eigenvalue weighted by molar-refractivity contribution is 5.96. The molecular weight excluding hydrogens is 604 g/mol. The molecule has 47 heavy (non-hydrogen) atoms. The van der Waals surface area contributed by atoms with Gasteiger partial charge >= 0.3 is 0 Å². The standard InChI is InChI=1S/C37H40O10/c1-6-9-13-21-28(38)34(44)33(43)27-31(41)25(23(8-3)47-37(21)27)20-12-10-11-19(16-20)24-18(5)46-36-22(15-14-17(4)7-2)29(39)35(45)32(42)26(36)30(24)40/h10-12,16-17,38-39,42-45H,6-9,13-15H2,1-5H3. The average molecular weight is 645 g/mol. The molecule has 2 aromatic heterocycles. The Morgan fingerprint density at radius 3 is 1.79 bits per heavy atom. The van der Waals surface area contributed by atoms with Gasteiger partial charge < -0.3 is 39.5 Å². The highest BCUT2D eigenvalue weighted by Crippen LogP contribution is 2.47. The molecule has 5 rings (SSSR count). The summed E-state index contributed by atoms with van der Waals surface area (Å²) in [5, 5.41) is 63.5. The Kier molecular flexibility index (Phi) is 9.15. The molecule has 0 fully saturated rings. The Morgan fingerprint density at radius 2 is 1.23 bits per heavy atom. The molecule has 248 valence electrons. The summed E-state index contributed by atoms with van der Waals surface area (Å²) in [4.78, 5) is 28.1. The van der Waals surface area contributed by atoms with Gasteiger partial charge in [0.2, 0.25) is 22.4 Å². The molecule has 0 aliphatic heterocycles. The number of hydrogen-bond acceptors (Lipinski definition) is 10. The van der Waals surface area contributed by atoms with Crippen LogP contribution in [0.3, 0.4) is 0 Å². The predicted molar refractivity (Wildman–Crippen MR) is 180 cm³/mol. The number of benzene rings is 3. The fraction of sp³-hybridized carbons (Fsp3) is 0.351. The summed E-state index contributed by atoms with van der Waals surface area (Å²) in [6.45, 7) is 9.40. The van der Waals surface area contributed by atoms with Crippen LogP contribution in [0.4, 0.5) is 0 Å². The van der Waals surface area contributed by atoms with E-state index in [9.17, 15) is 40.2 Å². The number of rotatable bonds is 10. The van der Waals surface area contributed by atoms with E-state index in [-0.39, 0.29) is 62.1 Å². The Morgan fingerprint density at radius 1 is 0.702 bits per heavy atom. The molecule has 6 N–H and O–H groups in total. The molecule has 10 nitrogen and oxygen atoms in total. The van der Waals surface area contributed by atoms with Gasteiger partial charge in [-0.25, -0.2) is 0 Å². The third-order valence-electron chi connectivity index (χ3n) is 9.09. The molecule has 0 aliphatic rings. The van der Waals surface area contributed by atoms with Gasteiger partial charge in [0.1, 0.15) is 33.5 Å². The second-order valence-electron chi connectivity index (χ2n) is 12.1. The van der Waals surface area contributed by atoms with Crippen molar-refractivity contribution in [3.05, 3.63) is 67.4 Å². The van der Waals surface area contributed by atoms with E-state index >= 15 is 0 Å². The van der Waals surface area contributed by atoms with E-state index in [1.165, 1.54) is 0 Å². The summed E-state index contributed by atoms with van der Waals surface area (Å²) < 4.78 is 12.3. The molecule has 0 saturated carbocycles. The first-order valence-corrected chi connectivity index (χ1v) is 16.0. The van der Waals surface area contributed by atoms with E-state index in [0.29, 0.717) is 42.7 Å². The molecule has 3 aromatic carbocycles. The van der Waals surface area contributed by atoms with Gasteiger partial charge in [-0.05, 0) is 55.7 Å². The lowest BCUT2D eigenvalue weighted by Crippen LogP contribution is -2.12. The van der Waals surface area contributed by atoms with E-state index in [2.05, 4.69) is 0 Å². The lowest BCUT2D eigenvalue weighted by Gasteiger charge is -2.16. The first-order valence-electron chi connectivity index (χ1n) is 16.0. The molecule has 0 spiro atoms. The molecule has 0 radical (unpaired) electrons. The van der Waals surface area contributed by atoms with Gasteiger partial charge in [0.15, 0.2) is 23.0 Å². The van der Waals surface area contributed by atoms with E-state index in [4.69, 9.17) is 8.83 Å². The van der Waals surface area contributed by atoms with Crippen LogP contribution in [0, 0.1) is 12.8 Å². The van der Waals surface area contributed by atoms with Crippen molar-refractivity contribution in [1.29, 1.82) is 0 Å². The van der Waals surface area contributed by atoms with Gasteiger partial charge in [0.25, 0.3) is 0 Å². The molecule has 0 bridgehead atoms. The normalized spacial score (nSPS) is 12.3. The van der Waals surface area contributed by atoms with Gasteiger partial charge in [0, 0.05) is 17.5 Å². The van der Waals surface area contributed by atoms with E-state index in [0.717, 1.165) is 12.8 Å². The van der Waals surface area contributed by atoms with Crippen molar-refractivity contribution in [3.63, 3.8) is 0 Å². The van der Waals surface area contributed by atoms with Crippen molar-refractivity contribution in [3.8, 4) is 56.8 Å². The van der Waals surface area contributed by atoms with E-state index in [1.807, 2.05) is 20.8 Å². The van der Waals surface area contributed by atoms with E-state index in [1.54, 1.807) is 38.1 Å². The van der Waals surface area contributed by atoms with Gasteiger partial charge in [-0.3, -0.25) is 9.59 Å². The van der Waals surface area contributed by atoms with Crippen molar-refractivity contribution >= 4 is 21.9 Å². The van der Waals surface area contributed by atoms with Crippen LogP contribution in [0.5, 0.6) is 34.5 Å². The Balaban J connectivity index is 1.75. The number of fused-ring (bicyclic) bond motifs is 2. The van der Waals surface area contributed by atoms with Crippen LogP contribution in [0.1, 0.15) is 76.0 Å². The zero-order valence-electron chi connectivity index (χ0n) is 27.2. The summed E-state index contributed by atoms with van der Waals surface area (Å²) in [7, 11) is 0. The zero-order chi connectivity index (χ0) is 34.3. The lowest BCUT2D eigenvalue weighted by molar-refractivity contribution is 0.365. The molecule has 5 aromatic rings. The molecule has 2 heterocycles. The highest BCUT2D eigenvalue weighted by Gasteiger charge is 2.28. The summed E-state index contributed by atoms with van der Waals surface area (Å²) in [6.07, 6.45) is 3.85. The maximum Gasteiger partial charge on any atom is 0.204 e. The topological polar surface area (TPSA) is 182 Å². The maximum atomic E-state index is 14.1. The SMILES string of the molecule is CCCCc1c(O)c(O)c(O)c2c(=O)c(-c3cccc(-c4c(C)oc5c(CCC(C)CC)c(O)c(O)c(O)c5c4=O)c3)c(CC)oc12. The van der Waals surface area contributed by atoms with Crippen molar-refractivity contribution in [2.24, 2.45) is 5.92 Å². The Hall–Kier alpha value is -5.12. The fourth-order valence-electron chi connectivity index (χ4n) is 6.16. The summed E-state index contributed by atoms with van der Waals surface area (Å²) in [6, 6.07) is 6.48. The minimum atomic E-state index is -0.804. The van der Waals surface area contributed by atoms with Crippen LogP contribution in [0.15, 0.2) is 42.7 Å². The monoisotopic (exact) mass is 644 g/mol. The van der Waals surface area contributed by atoms with Crippen molar-refractivity contribution < 1.29 is 39.5 Å². The minimum Gasteiger partial charge on any atom is -0.504 e. The Labute approximate surface area is 270 Å². The van der Waals surface area contributed by atoms with Crippen molar-refractivity contribution in [1.82, 2.24) is 0 Å². The van der Waals surface area contributed by atoms with Crippen LogP contribution >= 0.6 is 0 Å². The molecule has 1 atom stereocenters. The number of aromatic hydroxyl groups is 6. The van der Waals surface area contributed by atoms with Crippen LogP contribution < -0.4 is 10.9 Å². The van der Waals surface area contributed by atoms with Crippen LogP contribution in [-0.4, -0.2) is 30.6 Å². The zero-order valence-corrected chi connectivity index (χ0v) is 27.2. The van der Waals surface area contributed by atoms with Gasteiger partial charge in [-0.2, -0.15) is 0 Å². The number of hydrogen-bond donors (Lipinski definition) is 6. The molecule has 0 aliphatic carbocycles. The first-order chi connectivity index (χ1) is 22.4. The predicted octanol–water partition coefficient (Wildman–Crippen LogP) is 7.66. The molecule has 0 saturated heterocycles. The van der Waals surface area contributed by atoms with E-state index < -0.39 is 45.4 Å². The molecule has 1 unspecified atom stereocenters. The summed E-state index contributed by atoms with van der Waals surface area (Å²) in [5.74, 6) is -3.50. The fourth-order valence-corrected chi connectivity index (χ4v) is 6.16. The summed E-state index contributed by atoms with van der Waals surface area (Å²) >= 11 is 0. The van der Waals surface area contributed by atoms with Crippen molar-refractivity contribution in [2.45, 2.75) is 79.6 Å². The minimum absolute atomic E-state index is 0.00157. The smallest absolute Gasteiger partial charge is 0.204 e. The van der Waals surface area contributed by atoms with Crippen LogP contribution in [-0.2, 0) is 19.3 Å². The molecule has 10 heteroatoms. The second-order valence-corrected chi connectivity index (χ2v) is 12.1. The van der Waals surface area contributed by atoms with Gasteiger partial charge in [0.05, 0.1) is 11.1 Å². The first kappa shape index (κ1) is 33.2. The average Bonchev–Trinajstić information content (AvgIpc) is 3.05. The third kappa shape index (κ3) is 5.51. The largest absolute Gasteiger partial charge is 0.504 e. The molecule has 0 amide bonds. The highest BCUT2D eigenvalue weighted by atomic mass is 16.4. The van der Waals surface area contributed by atoms with Gasteiger partial charge in [-0.1, -0.05) is 58.7 Å². The third-order valence-corrected chi connectivity index (χ3v) is 9.09. The number of unbranched alkanes of at least 4 members (excludes halogenated alkanes) is 1. The number of aryl methyl sites for hydroxylation is 4. The maximum absolute atomic E-state index is 14.1. The van der Waals surface area contributed by atoms with Crippen molar-refractivity contribution in [2.75, 3.05) is 0 Å². The Bertz CT molecular complexity index is 2140. The van der Waals surface area contributed by atoms with Crippen LogP contribution in [0.25, 0.3) is 44.2 Å². The number of phenolic OH excluding ortho intramolecular Hbond substituents is 6. The van der Waals surface area contributed by atoms with Crippen LogP contribution in [0.2, 0.25) is 0 Å². The van der Waals surface area contributed by atoms with Gasteiger partial charge in [-0.15, -0.1) is 0 Å². The lowest BCUT2D eigenvalue weighted by atomic mass is 9.93.